The third kappa shape index (κ3) is 2.81. The van der Waals surface area contributed by atoms with Crippen molar-refractivity contribution in [1.82, 2.24) is 4.98 Å². The zero-order chi connectivity index (χ0) is 15.4. The van der Waals surface area contributed by atoms with Gasteiger partial charge in [0.05, 0.1) is 14.2 Å². The molecule has 0 saturated heterocycles. The van der Waals surface area contributed by atoms with Crippen molar-refractivity contribution >= 4 is 16.5 Å². The number of ether oxygens (including phenoxy) is 2. The summed E-state index contributed by atoms with van der Waals surface area (Å²) in [5.41, 5.74) is 2.26. The molecule has 0 saturated carbocycles. The molecule has 3 rings (SSSR count). The number of nitrogens with zero attached hydrogens (tertiary/aromatic N) is 1. The summed E-state index contributed by atoms with van der Waals surface area (Å²) in [4.78, 5) is 4.24. The first-order chi connectivity index (χ1) is 10.8. The van der Waals surface area contributed by atoms with Gasteiger partial charge in [-0.15, -0.1) is 0 Å². The molecule has 0 fully saturated rings. The maximum absolute atomic E-state index is 5.32. The fraction of sp³-hybridized carbons (Fsp3) is 0.167. The number of hydrogen-bond acceptors (Lipinski definition) is 4. The monoisotopic (exact) mass is 294 g/mol. The quantitative estimate of drug-likeness (QED) is 0.776. The van der Waals surface area contributed by atoms with Gasteiger partial charge in [0.25, 0.3) is 0 Å². The van der Waals surface area contributed by atoms with Crippen molar-refractivity contribution in [2.75, 3.05) is 19.5 Å². The Hall–Kier alpha value is -2.75. The molecule has 0 radical (unpaired) electrons. The zero-order valence-electron chi connectivity index (χ0n) is 12.7. The van der Waals surface area contributed by atoms with E-state index in [1.807, 2.05) is 30.3 Å². The molecule has 112 valence electrons. The lowest BCUT2D eigenvalue weighted by Crippen LogP contribution is -2.00. The minimum absolute atomic E-state index is 0.644. The summed E-state index contributed by atoms with van der Waals surface area (Å²) in [7, 11) is 3.31. The first-order valence-corrected chi connectivity index (χ1v) is 7.10. The highest BCUT2D eigenvalue weighted by Gasteiger charge is 2.06. The number of aromatic nitrogens is 1. The minimum atomic E-state index is 0.644. The maximum Gasteiger partial charge on any atom is 0.221 e. The number of rotatable bonds is 5. The second-order valence-corrected chi connectivity index (χ2v) is 4.92. The molecule has 0 amide bonds. The molecular weight excluding hydrogens is 276 g/mol. The molecule has 0 aliphatic rings. The van der Waals surface area contributed by atoms with Crippen LogP contribution in [0.1, 0.15) is 5.56 Å². The second kappa shape index (κ2) is 6.35. The summed E-state index contributed by atoms with van der Waals surface area (Å²) in [6, 6.07) is 16.1. The summed E-state index contributed by atoms with van der Waals surface area (Å²) >= 11 is 0. The molecule has 1 heterocycles. The summed E-state index contributed by atoms with van der Waals surface area (Å²) in [5.74, 6) is 1.51. The average molecular weight is 294 g/mol. The van der Waals surface area contributed by atoms with Crippen molar-refractivity contribution in [3.8, 4) is 11.6 Å². The highest BCUT2D eigenvalue weighted by Crippen LogP contribution is 2.29. The molecule has 22 heavy (non-hydrogen) atoms. The first-order valence-electron chi connectivity index (χ1n) is 7.10. The van der Waals surface area contributed by atoms with E-state index in [1.165, 1.54) is 5.56 Å². The number of hydrogen-bond donors (Lipinski definition) is 1. The number of methoxy groups -OCH3 is 2. The van der Waals surface area contributed by atoms with Gasteiger partial charge in [-0.25, -0.2) is 4.98 Å². The zero-order valence-corrected chi connectivity index (χ0v) is 12.7. The van der Waals surface area contributed by atoms with Gasteiger partial charge in [0.15, 0.2) is 0 Å². The van der Waals surface area contributed by atoms with Crippen LogP contribution in [0.15, 0.2) is 54.7 Å². The number of benzene rings is 2. The Morgan fingerprint density at radius 3 is 2.45 bits per heavy atom. The lowest BCUT2D eigenvalue weighted by atomic mass is 10.1. The molecule has 0 aliphatic carbocycles. The molecule has 4 heteroatoms. The van der Waals surface area contributed by atoms with Gasteiger partial charge in [0.2, 0.25) is 5.88 Å². The Morgan fingerprint density at radius 1 is 0.909 bits per heavy atom. The van der Waals surface area contributed by atoms with Gasteiger partial charge in [0.1, 0.15) is 5.75 Å². The van der Waals surface area contributed by atoms with Crippen LogP contribution in [0.3, 0.4) is 0 Å². The Morgan fingerprint density at radius 2 is 1.73 bits per heavy atom. The van der Waals surface area contributed by atoms with Crippen LogP contribution in [0.5, 0.6) is 11.6 Å². The van der Waals surface area contributed by atoms with E-state index >= 15 is 0 Å². The van der Waals surface area contributed by atoms with Gasteiger partial charge < -0.3 is 14.8 Å². The van der Waals surface area contributed by atoms with E-state index in [-0.39, 0.29) is 0 Å². The van der Waals surface area contributed by atoms with Crippen LogP contribution in [0.4, 0.5) is 5.69 Å². The summed E-state index contributed by atoms with van der Waals surface area (Å²) in [5, 5.41) is 5.57. The van der Waals surface area contributed by atoms with E-state index in [0.717, 1.165) is 28.8 Å². The van der Waals surface area contributed by atoms with Gasteiger partial charge in [-0.2, -0.15) is 0 Å². The second-order valence-electron chi connectivity index (χ2n) is 4.92. The van der Waals surface area contributed by atoms with Gasteiger partial charge in [-0.05, 0) is 35.9 Å². The lowest BCUT2D eigenvalue weighted by molar-refractivity contribution is 0.403. The highest BCUT2D eigenvalue weighted by molar-refractivity contribution is 5.96. The molecule has 0 unspecified atom stereocenters. The number of fused-ring (bicyclic) bond motifs is 1. The van der Waals surface area contributed by atoms with Gasteiger partial charge in [-0.1, -0.05) is 18.2 Å². The molecule has 2 aromatic carbocycles. The summed E-state index contributed by atoms with van der Waals surface area (Å²) < 4.78 is 10.5. The molecule has 0 spiro atoms. The SMILES string of the molecule is COc1ccc(CNc2cccc3c(OC)nccc23)cc1. The molecule has 1 aromatic heterocycles. The molecule has 0 bridgehead atoms. The number of anilines is 1. The Labute approximate surface area is 129 Å². The summed E-state index contributed by atoms with van der Waals surface area (Å²) in [6.45, 7) is 0.744. The predicted molar refractivity (Wildman–Crippen MR) is 88.6 cm³/mol. The van der Waals surface area contributed by atoms with Crippen molar-refractivity contribution in [3.05, 3.63) is 60.3 Å². The van der Waals surface area contributed by atoms with Crippen LogP contribution in [0, 0.1) is 0 Å². The first kappa shape index (κ1) is 14.2. The topological polar surface area (TPSA) is 43.4 Å². The van der Waals surface area contributed by atoms with Crippen LogP contribution in [-0.4, -0.2) is 19.2 Å². The normalized spacial score (nSPS) is 10.5. The molecular formula is C18H18N2O2. The van der Waals surface area contributed by atoms with Gasteiger partial charge >= 0.3 is 0 Å². The predicted octanol–water partition coefficient (Wildman–Crippen LogP) is 3.86. The average Bonchev–Trinajstić information content (AvgIpc) is 2.59. The van der Waals surface area contributed by atoms with Crippen LogP contribution >= 0.6 is 0 Å². The standard InChI is InChI=1S/C18H18N2O2/c1-21-14-8-6-13(7-9-14)12-20-17-5-3-4-16-15(17)10-11-19-18(16)22-2/h3-11,20H,12H2,1-2H3. The summed E-state index contributed by atoms with van der Waals surface area (Å²) in [6.07, 6.45) is 1.76. The van der Waals surface area contributed by atoms with Crippen molar-refractivity contribution in [1.29, 1.82) is 0 Å². The van der Waals surface area contributed by atoms with Crippen molar-refractivity contribution < 1.29 is 9.47 Å². The third-order valence-corrected chi connectivity index (χ3v) is 3.60. The molecule has 4 nitrogen and oxygen atoms in total. The van der Waals surface area contributed by atoms with Gasteiger partial charge in [0, 0.05) is 29.2 Å². The number of nitrogens with one attached hydrogen (secondary N) is 1. The van der Waals surface area contributed by atoms with Crippen LogP contribution in [-0.2, 0) is 6.54 Å². The maximum atomic E-state index is 5.32. The van der Waals surface area contributed by atoms with E-state index in [4.69, 9.17) is 9.47 Å². The Balaban J connectivity index is 1.84. The number of pyridine rings is 1. The molecule has 3 aromatic rings. The third-order valence-electron chi connectivity index (χ3n) is 3.60. The van der Waals surface area contributed by atoms with Crippen molar-refractivity contribution in [2.24, 2.45) is 0 Å². The largest absolute Gasteiger partial charge is 0.497 e. The highest BCUT2D eigenvalue weighted by atomic mass is 16.5. The van der Waals surface area contributed by atoms with E-state index in [9.17, 15) is 0 Å². The molecule has 1 N–H and O–H groups in total. The van der Waals surface area contributed by atoms with Crippen molar-refractivity contribution in [2.45, 2.75) is 6.54 Å². The smallest absolute Gasteiger partial charge is 0.221 e. The van der Waals surface area contributed by atoms with Crippen LogP contribution in [0.2, 0.25) is 0 Å². The van der Waals surface area contributed by atoms with Crippen LogP contribution < -0.4 is 14.8 Å². The van der Waals surface area contributed by atoms with E-state index in [2.05, 4.69) is 28.5 Å². The molecule has 0 aliphatic heterocycles. The van der Waals surface area contributed by atoms with E-state index in [0.29, 0.717) is 5.88 Å². The van der Waals surface area contributed by atoms with E-state index in [1.54, 1.807) is 20.4 Å². The Bertz CT molecular complexity index is 770. The molecule has 0 atom stereocenters. The lowest BCUT2D eigenvalue weighted by Gasteiger charge is -2.11. The van der Waals surface area contributed by atoms with Gasteiger partial charge in [-0.3, -0.25) is 0 Å². The fourth-order valence-corrected chi connectivity index (χ4v) is 2.44. The Kier molecular flexibility index (Phi) is 4.10. The van der Waals surface area contributed by atoms with Crippen LogP contribution in [0.25, 0.3) is 10.8 Å². The van der Waals surface area contributed by atoms with E-state index < -0.39 is 0 Å². The van der Waals surface area contributed by atoms with Crippen molar-refractivity contribution in [3.63, 3.8) is 0 Å². The fourth-order valence-electron chi connectivity index (χ4n) is 2.44. The minimum Gasteiger partial charge on any atom is -0.497 e.